The number of morpholine rings is 1. The quantitative estimate of drug-likeness (QED) is 0.759. The molecule has 0 aromatic heterocycles. The molecule has 26 heavy (non-hydrogen) atoms. The van der Waals surface area contributed by atoms with Crippen molar-refractivity contribution in [2.24, 2.45) is 0 Å². The summed E-state index contributed by atoms with van der Waals surface area (Å²) >= 11 is 0. The van der Waals surface area contributed by atoms with Gasteiger partial charge in [-0.05, 0) is 37.1 Å². The van der Waals surface area contributed by atoms with Gasteiger partial charge in [-0.1, -0.05) is 12.1 Å². The van der Waals surface area contributed by atoms with E-state index in [-0.39, 0.29) is 42.6 Å². The first-order chi connectivity index (χ1) is 11.7. The topological polar surface area (TPSA) is 53.6 Å². The zero-order chi connectivity index (χ0) is 16.8. The maximum Gasteiger partial charge on any atom is 0.221 e. The molecule has 0 radical (unpaired) electrons. The highest BCUT2D eigenvalue weighted by atomic mass is 35.5. The van der Waals surface area contributed by atoms with Crippen molar-refractivity contribution in [3.8, 4) is 0 Å². The van der Waals surface area contributed by atoms with Crippen molar-refractivity contribution in [1.29, 1.82) is 0 Å². The monoisotopic (exact) mass is 407 g/mol. The van der Waals surface area contributed by atoms with Crippen molar-refractivity contribution in [2.45, 2.75) is 31.3 Å². The smallest absolute Gasteiger partial charge is 0.221 e. The summed E-state index contributed by atoms with van der Waals surface area (Å²) in [6, 6.07) is 6.93. The standard InChI is InChI=1S/C18H26FN3O2.2ClH/c19-15-4-1-3-14(11-15)17(22-7-9-24-10-8-22)13-21-18(23)12-16-5-2-6-20-16;;/h1,3-4,11,16-17,20H,2,5-10,12-13H2,(H,21,23);2*1H. The summed E-state index contributed by atoms with van der Waals surface area (Å²) in [6.45, 7) is 4.42. The Hall–Kier alpha value is -0.920. The lowest BCUT2D eigenvalue weighted by Gasteiger charge is -2.35. The second kappa shape index (κ2) is 11.7. The number of nitrogens with zero attached hydrogens (tertiary/aromatic N) is 1. The van der Waals surface area contributed by atoms with Crippen LogP contribution in [0.2, 0.25) is 0 Å². The number of carbonyl (C=O) groups excluding carboxylic acids is 1. The van der Waals surface area contributed by atoms with Crippen LogP contribution in [0.5, 0.6) is 0 Å². The third-order valence-corrected chi connectivity index (χ3v) is 4.81. The van der Waals surface area contributed by atoms with Crippen LogP contribution in [-0.4, -0.2) is 56.2 Å². The minimum atomic E-state index is -0.243. The SMILES string of the molecule is Cl.Cl.O=C(CC1CCCN1)NCC(c1cccc(F)c1)N1CCOCC1. The summed E-state index contributed by atoms with van der Waals surface area (Å²) in [6.07, 6.45) is 2.71. The predicted octanol–water partition coefficient (Wildman–Crippen LogP) is 2.30. The number of benzene rings is 1. The van der Waals surface area contributed by atoms with E-state index in [1.165, 1.54) is 6.07 Å². The fraction of sp³-hybridized carbons (Fsp3) is 0.611. The number of rotatable bonds is 6. The highest BCUT2D eigenvalue weighted by Gasteiger charge is 2.24. The van der Waals surface area contributed by atoms with Gasteiger partial charge in [0.1, 0.15) is 5.82 Å². The molecule has 2 saturated heterocycles. The fourth-order valence-electron chi connectivity index (χ4n) is 3.50. The van der Waals surface area contributed by atoms with Gasteiger partial charge in [0.05, 0.1) is 19.3 Å². The summed E-state index contributed by atoms with van der Waals surface area (Å²) < 4.78 is 19.0. The highest BCUT2D eigenvalue weighted by Crippen LogP contribution is 2.22. The number of amides is 1. The summed E-state index contributed by atoms with van der Waals surface area (Å²) in [7, 11) is 0. The van der Waals surface area contributed by atoms with Crippen LogP contribution in [0.4, 0.5) is 4.39 Å². The van der Waals surface area contributed by atoms with Crippen LogP contribution in [0.1, 0.15) is 30.9 Å². The molecule has 3 rings (SSSR count). The van der Waals surface area contributed by atoms with Crippen molar-refractivity contribution in [3.63, 3.8) is 0 Å². The lowest BCUT2D eigenvalue weighted by molar-refractivity contribution is -0.121. The minimum Gasteiger partial charge on any atom is -0.379 e. The Kier molecular flexibility index (Phi) is 10.4. The number of hydrogen-bond acceptors (Lipinski definition) is 4. The number of carbonyl (C=O) groups is 1. The van der Waals surface area contributed by atoms with Crippen LogP contribution in [0.25, 0.3) is 0 Å². The lowest BCUT2D eigenvalue weighted by atomic mass is 10.0. The van der Waals surface area contributed by atoms with Crippen LogP contribution in [0, 0.1) is 5.82 Å². The largest absolute Gasteiger partial charge is 0.379 e. The van der Waals surface area contributed by atoms with Gasteiger partial charge in [0, 0.05) is 32.1 Å². The van der Waals surface area contributed by atoms with Gasteiger partial charge < -0.3 is 15.4 Å². The molecule has 0 bridgehead atoms. The van der Waals surface area contributed by atoms with E-state index in [1.54, 1.807) is 12.1 Å². The van der Waals surface area contributed by atoms with E-state index in [1.807, 2.05) is 6.07 Å². The van der Waals surface area contributed by atoms with Gasteiger partial charge in [-0.2, -0.15) is 0 Å². The van der Waals surface area contributed by atoms with Crippen LogP contribution in [0.3, 0.4) is 0 Å². The van der Waals surface area contributed by atoms with E-state index < -0.39 is 0 Å². The second-order valence-corrected chi connectivity index (χ2v) is 6.52. The van der Waals surface area contributed by atoms with Gasteiger partial charge in [-0.25, -0.2) is 4.39 Å². The molecule has 0 spiro atoms. The minimum absolute atomic E-state index is 0. The first-order valence-corrected chi connectivity index (χ1v) is 8.80. The number of ether oxygens (including phenoxy) is 1. The normalized spacial score (nSPS) is 21.3. The molecule has 2 aliphatic heterocycles. The predicted molar refractivity (Wildman–Crippen MR) is 105 cm³/mol. The first-order valence-electron chi connectivity index (χ1n) is 8.80. The van der Waals surface area contributed by atoms with Gasteiger partial charge in [-0.3, -0.25) is 9.69 Å². The molecule has 0 aliphatic carbocycles. The molecule has 1 amide bonds. The average molecular weight is 408 g/mol. The van der Waals surface area contributed by atoms with Crippen molar-refractivity contribution in [2.75, 3.05) is 39.4 Å². The molecule has 8 heteroatoms. The number of nitrogens with one attached hydrogen (secondary N) is 2. The van der Waals surface area contributed by atoms with E-state index in [0.717, 1.165) is 38.0 Å². The molecular weight excluding hydrogens is 380 g/mol. The van der Waals surface area contributed by atoms with Crippen molar-refractivity contribution in [1.82, 2.24) is 15.5 Å². The van der Waals surface area contributed by atoms with Crippen LogP contribution >= 0.6 is 24.8 Å². The Bertz CT molecular complexity index is 553. The Labute approximate surface area is 166 Å². The van der Waals surface area contributed by atoms with E-state index in [9.17, 15) is 9.18 Å². The fourth-order valence-corrected chi connectivity index (χ4v) is 3.50. The molecule has 1 aromatic carbocycles. The Morgan fingerprint density at radius 2 is 2.12 bits per heavy atom. The molecule has 2 aliphatic rings. The van der Waals surface area contributed by atoms with E-state index in [2.05, 4.69) is 15.5 Å². The third-order valence-electron chi connectivity index (χ3n) is 4.81. The molecule has 5 nitrogen and oxygen atoms in total. The van der Waals surface area contributed by atoms with Gasteiger partial charge in [0.25, 0.3) is 0 Å². The van der Waals surface area contributed by atoms with Gasteiger partial charge in [-0.15, -0.1) is 24.8 Å². The van der Waals surface area contributed by atoms with Crippen LogP contribution in [-0.2, 0) is 9.53 Å². The molecule has 1 aromatic rings. The summed E-state index contributed by atoms with van der Waals surface area (Å²) in [5, 5.41) is 6.38. The Morgan fingerprint density at radius 1 is 1.35 bits per heavy atom. The molecular formula is C18H28Cl2FN3O2. The molecule has 2 unspecified atom stereocenters. The summed E-state index contributed by atoms with van der Waals surface area (Å²) in [5.74, 6) is -0.184. The lowest BCUT2D eigenvalue weighted by Crippen LogP contribution is -2.44. The van der Waals surface area contributed by atoms with Crippen molar-refractivity contribution < 1.29 is 13.9 Å². The summed E-state index contributed by atoms with van der Waals surface area (Å²) in [5.41, 5.74) is 0.899. The number of halogens is 3. The van der Waals surface area contributed by atoms with E-state index in [4.69, 9.17) is 4.74 Å². The highest BCUT2D eigenvalue weighted by molar-refractivity contribution is 5.85. The third kappa shape index (κ3) is 6.67. The second-order valence-electron chi connectivity index (χ2n) is 6.52. The Morgan fingerprint density at radius 3 is 2.77 bits per heavy atom. The molecule has 2 atom stereocenters. The maximum atomic E-state index is 13.6. The van der Waals surface area contributed by atoms with E-state index >= 15 is 0 Å². The van der Waals surface area contributed by atoms with Crippen molar-refractivity contribution in [3.05, 3.63) is 35.6 Å². The summed E-state index contributed by atoms with van der Waals surface area (Å²) in [4.78, 5) is 14.5. The molecule has 2 heterocycles. The first kappa shape index (κ1) is 23.1. The van der Waals surface area contributed by atoms with Crippen molar-refractivity contribution >= 4 is 30.7 Å². The van der Waals surface area contributed by atoms with E-state index in [0.29, 0.717) is 32.2 Å². The Balaban J connectivity index is 0.00000169. The van der Waals surface area contributed by atoms with Gasteiger partial charge in [0.2, 0.25) is 5.91 Å². The molecule has 2 fully saturated rings. The molecule has 148 valence electrons. The molecule has 0 saturated carbocycles. The average Bonchev–Trinajstić information content (AvgIpc) is 3.09. The zero-order valence-electron chi connectivity index (χ0n) is 14.8. The number of hydrogen-bond donors (Lipinski definition) is 2. The maximum absolute atomic E-state index is 13.6. The van der Waals surface area contributed by atoms with Gasteiger partial charge >= 0.3 is 0 Å². The van der Waals surface area contributed by atoms with Crippen LogP contribution in [0.15, 0.2) is 24.3 Å². The molecule has 2 N–H and O–H groups in total. The zero-order valence-corrected chi connectivity index (χ0v) is 16.4. The van der Waals surface area contributed by atoms with Crippen LogP contribution < -0.4 is 10.6 Å². The van der Waals surface area contributed by atoms with Gasteiger partial charge in [0.15, 0.2) is 0 Å².